The van der Waals surface area contributed by atoms with E-state index < -0.39 is 24.2 Å². The van der Waals surface area contributed by atoms with E-state index in [9.17, 15) is 9.59 Å². The molecule has 5 heteroatoms. The summed E-state index contributed by atoms with van der Waals surface area (Å²) < 4.78 is 5.08. The Labute approximate surface area is 119 Å². The number of carboxylic acid groups (broad SMARTS) is 1. The standard InChI is InChI=1S/C15H23NO4/c1-10(2)5-4-6-11(3)9-12(16-15(18)19)13-7-8-14(17)20-13/h5,7-8,11-13,16H,4,6,9H2,1-3H3,(H,18,19)/t11-,12+,13+/m1/s1. The number of rotatable bonds is 7. The van der Waals surface area contributed by atoms with Crippen molar-refractivity contribution in [2.24, 2.45) is 5.92 Å². The Morgan fingerprint density at radius 1 is 1.55 bits per heavy atom. The maximum absolute atomic E-state index is 11.1. The van der Waals surface area contributed by atoms with Crippen LogP contribution in [0.3, 0.4) is 0 Å². The molecule has 0 fully saturated rings. The van der Waals surface area contributed by atoms with Crippen molar-refractivity contribution in [3.8, 4) is 0 Å². The number of esters is 1. The second-order valence-corrected chi connectivity index (χ2v) is 5.52. The van der Waals surface area contributed by atoms with Crippen LogP contribution in [0.2, 0.25) is 0 Å². The molecule has 0 saturated heterocycles. The van der Waals surface area contributed by atoms with Crippen molar-refractivity contribution in [3.05, 3.63) is 23.8 Å². The highest BCUT2D eigenvalue weighted by Crippen LogP contribution is 2.20. The van der Waals surface area contributed by atoms with Crippen LogP contribution in [0.5, 0.6) is 0 Å². The summed E-state index contributed by atoms with van der Waals surface area (Å²) >= 11 is 0. The summed E-state index contributed by atoms with van der Waals surface area (Å²) in [7, 11) is 0. The molecule has 0 radical (unpaired) electrons. The number of cyclic esters (lactones) is 1. The fraction of sp³-hybridized carbons (Fsp3) is 0.600. The van der Waals surface area contributed by atoms with Gasteiger partial charge in [0.1, 0.15) is 6.10 Å². The summed E-state index contributed by atoms with van der Waals surface area (Å²) in [6, 6.07) is -0.392. The second-order valence-electron chi connectivity index (χ2n) is 5.52. The predicted octanol–water partition coefficient (Wildman–Crippen LogP) is 2.88. The second kappa shape index (κ2) is 7.72. The highest BCUT2D eigenvalue weighted by Gasteiger charge is 2.29. The predicted molar refractivity (Wildman–Crippen MR) is 76.4 cm³/mol. The molecule has 1 heterocycles. The van der Waals surface area contributed by atoms with Crippen LogP contribution in [0.1, 0.15) is 40.0 Å². The zero-order valence-electron chi connectivity index (χ0n) is 12.3. The largest absolute Gasteiger partial charge is 0.465 e. The van der Waals surface area contributed by atoms with E-state index in [1.807, 2.05) is 0 Å². The molecule has 0 saturated carbocycles. The number of hydrogen-bond acceptors (Lipinski definition) is 3. The molecule has 0 bridgehead atoms. The molecule has 0 aromatic heterocycles. The molecular formula is C15H23NO4. The van der Waals surface area contributed by atoms with E-state index >= 15 is 0 Å². The number of ether oxygens (including phenoxy) is 1. The lowest BCUT2D eigenvalue weighted by atomic mass is 9.93. The first kappa shape index (κ1) is 16.3. The average Bonchev–Trinajstić information content (AvgIpc) is 2.74. The maximum Gasteiger partial charge on any atom is 0.405 e. The van der Waals surface area contributed by atoms with Gasteiger partial charge in [-0.05, 0) is 45.1 Å². The fourth-order valence-corrected chi connectivity index (χ4v) is 2.24. The minimum Gasteiger partial charge on any atom is -0.465 e. The Morgan fingerprint density at radius 3 is 2.75 bits per heavy atom. The minimum atomic E-state index is -1.09. The van der Waals surface area contributed by atoms with Crippen LogP contribution < -0.4 is 5.32 Å². The number of hydrogen-bond donors (Lipinski definition) is 2. The lowest BCUT2D eigenvalue weighted by Crippen LogP contribution is -2.43. The van der Waals surface area contributed by atoms with Gasteiger partial charge in [0.2, 0.25) is 0 Å². The topological polar surface area (TPSA) is 75.6 Å². The van der Waals surface area contributed by atoms with E-state index in [1.54, 1.807) is 6.08 Å². The normalized spacial score (nSPS) is 20.1. The highest BCUT2D eigenvalue weighted by atomic mass is 16.5. The lowest BCUT2D eigenvalue weighted by molar-refractivity contribution is -0.139. The summed E-state index contributed by atoms with van der Waals surface area (Å²) in [5.41, 5.74) is 1.28. The number of amides is 1. The third-order valence-electron chi connectivity index (χ3n) is 3.25. The maximum atomic E-state index is 11.1. The summed E-state index contributed by atoms with van der Waals surface area (Å²) in [6.07, 6.45) is 6.14. The van der Waals surface area contributed by atoms with Gasteiger partial charge in [0, 0.05) is 6.08 Å². The molecule has 1 aliphatic rings. The van der Waals surface area contributed by atoms with Gasteiger partial charge in [0.25, 0.3) is 0 Å². The van der Waals surface area contributed by atoms with Crippen molar-refractivity contribution in [1.29, 1.82) is 0 Å². The van der Waals surface area contributed by atoms with E-state index in [4.69, 9.17) is 9.84 Å². The van der Waals surface area contributed by atoms with Gasteiger partial charge in [-0.15, -0.1) is 0 Å². The quantitative estimate of drug-likeness (QED) is 0.556. The van der Waals surface area contributed by atoms with Gasteiger partial charge in [0.05, 0.1) is 6.04 Å². The third kappa shape index (κ3) is 5.91. The third-order valence-corrected chi connectivity index (χ3v) is 3.25. The summed E-state index contributed by atoms with van der Waals surface area (Å²) in [5.74, 6) is -0.0699. The van der Waals surface area contributed by atoms with E-state index in [0.29, 0.717) is 12.3 Å². The molecule has 112 valence electrons. The first-order valence-corrected chi connectivity index (χ1v) is 6.90. The van der Waals surface area contributed by atoms with Crippen molar-refractivity contribution in [2.45, 2.75) is 52.2 Å². The Bertz CT molecular complexity index is 410. The first-order valence-electron chi connectivity index (χ1n) is 6.90. The van der Waals surface area contributed by atoms with Gasteiger partial charge in [-0.25, -0.2) is 9.59 Å². The van der Waals surface area contributed by atoms with Crippen LogP contribution in [0, 0.1) is 5.92 Å². The highest BCUT2D eigenvalue weighted by molar-refractivity contribution is 5.84. The Hall–Kier alpha value is -1.78. The summed E-state index contributed by atoms with van der Waals surface area (Å²) in [6.45, 7) is 6.19. The molecule has 1 aliphatic heterocycles. The number of carbonyl (C=O) groups is 2. The van der Waals surface area contributed by atoms with E-state index in [1.165, 1.54) is 11.6 Å². The number of allylic oxidation sites excluding steroid dienone is 2. The molecule has 20 heavy (non-hydrogen) atoms. The van der Waals surface area contributed by atoms with Crippen molar-refractivity contribution in [3.63, 3.8) is 0 Å². The zero-order chi connectivity index (χ0) is 15.1. The molecule has 1 amide bonds. The summed E-state index contributed by atoms with van der Waals surface area (Å²) in [4.78, 5) is 21.9. The molecule has 0 aromatic carbocycles. The van der Waals surface area contributed by atoms with Gasteiger partial charge >= 0.3 is 12.1 Å². The van der Waals surface area contributed by atoms with Crippen LogP contribution in [0.15, 0.2) is 23.8 Å². The monoisotopic (exact) mass is 281 g/mol. The fourth-order valence-electron chi connectivity index (χ4n) is 2.24. The van der Waals surface area contributed by atoms with Crippen LogP contribution in [-0.4, -0.2) is 29.3 Å². The van der Waals surface area contributed by atoms with Crippen molar-refractivity contribution >= 4 is 12.1 Å². The molecule has 3 atom stereocenters. The molecule has 5 nitrogen and oxygen atoms in total. The SMILES string of the molecule is CC(C)=CCC[C@@H](C)C[C@H](NC(=O)O)[C@@H]1C=CC(=O)O1. The van der Waals surface area contributed by atoms with Gasteiger partial charge < -0.3 is 15.2 Å². The van der Waals surface area contributed by atoms with Crippen LogP contribution >= 0.6 is 0 Å². The number of nitrogens with one attached hydrogen (secondary N) is 1. The van der Waals surface area contributed by atoms with Gasteiger partial charge in [-0.1, -0.05) is 18.6 Å². The van der Waals surface area contributed by atoms with Crippen LogP contribution in [-0.2, 0) is 9.53 Å². The first-order chi connectivity index (χ1) is 9.38. The molecular weight excluding hydrogens is 258 g/mol. The molecule has 0 unspecified atom stereocenters. The molecule has 1 rings (SSSR count). The van der Waals surface area contributed by atoms with Gasteiger partial charge in [0.15, 0.2) is 0 Å². The lowest BCUT2D eigenvalue weighted by Gasteiger charge is -2.24. The molecule has 0 aromatic rings. The number of carbonyl (C=O) groups excluding carboxylic acids is 1. The van der Waals surface area contributed by atoms with Gasteiger partial charge in [-0.3, -0.25) is 0 Å². The van der Waals surface area contributed by atoms with Crippen molar-refractivity contribution < 1.29 is 19.4 Å². The van der Waals surface area contributed by atoms with Gasteiger partial charge in [-0.2, -0.15) is 0 Å². The van der Waals surface area contributed by atoms with E-state index in [0.717, 1.165) is 12.8 Å². The smallest absolute Gasteiger partial charge is 0.405 e. The molecule has 0 aliphatic carbocycles. The van der Waals surface area contributed by atoms with E-state index in [-0.39, 0.29) is 0 Å². The Morgan fingerprint density at radius 2 is 2.25 bits per heavy atom. The van der Waals surface area contributed by atoms with Crippen molar-refractivity contribution in [1.82, 2.24) is 5.32 Å². The molecule has 2 N–H and O–H groups in total. The minimum absolute atomic E-state index is 0.343. The zero-order valence-corrected chi connectivity index (χ0v) is 12.3. The van der Waals surface area contributed by atoms with Crippen LogP contribution in [0.25, 0.3) is 0 Å². The summed E-state index contributed by atoms with van der Waals surface area (Å²) in [5, 5.41) is 11.3. The van der Waals surface area contributed by atoms with Crippen molar-refractivity contribution in [2.75, 3.05) is 0 Å². The Balaban J connectivity index is 2.51. The Kier molecular flexibility index (Phi) is 6.28. The average molecular weight is 281 g/mol. The van der Waals surface area contributed by atoms with Crippen LogP contribution in [0.4, 0.5) is 4.79 Å². The van der Waals surface area contributed by atoms with E-state index in [2.05, 4.69) is 32.2 Å². The molecule has 0 spiro atoms.